The first-order chi connectivity index (χ1) is 7.15. The number of hydrogen-bond acceptors (Lipinski definition) is 5. The fourth-order valence-corrected chi connectivity index (χ4v) is 3.10. The van der Waals surface area contributed by atoms with Crippen LogP contribution >= 0.6 is 0 Å². The van der Waals surface area contributed by atoms with E-state index in [0.717, 1.165) is 33.3 Å². The third-order valence-corrected chi connectivity index (χ3v) is 3.85. The van der Waals surface area contributed by atoms with E-state index in [2.05, 4.69) is 21.6 Å². The predicted molar refractivity (Wildman–Crippen MR) is 52.0 cm³/mol. The van der Waals surface area contributed by atoms with Crippen LogP contribution in [0.4, 0.5) is 4.79 Å². The molecule has 1 amide bonds. The number of ether oxygens (including phenoxy) is 1. The molecule has 4 aliphatic rings. The second-order valence-corrected chi connectivity index (χ2v) is 4.77. The molecule has 4 rings (SSSR count). The van der Waals surface area contributed by atoms with Crippen molar-refractivity contribution in [1.29, 1.82) is 0 Å². The Morgan fingerprint density at radius 2 is 1.87 bits per heavy atom. The van der Waals surface area contributed by atoms with Crippen molar-refractivity contribution in [2.24, 2.45) is 0 Å². The van der Waals surface area contributed by atoms with E-state index in [-0.39, 0.29) is 12.3 Å². The molecule has 0 N–H and O–H groups in total. The minimum Gasteiger partial charge on any atom is -0.423 e. The van der Waals surface area contributed by atoms with Gasteiger partial charge in [-0.1, -0.05) is 0 Å². The zero-order valence-electron chi connectivity index (χ0n) is 9.22. The van der Waals surface area contributed by atoms with Crippen molar-refractivity contribution < 1.29 is 14.0 Å². The molecule has 0 spiro atoms. The van der Waals surface area contributed by atoms with Crippen molar-refractivity contribution in [2.75, 3.05) is 40.5 Å². The van der Waals surface area contributed by atoms with Crippen molar-refractivity contribution in [1.82, 2.24) is 14.7 Å². The molecule has 6 heteroatoms. The molecular weight excluding hydrogens is 196 g/mol. The van der Waals surface area contributed by atoms with Crippen LogP contribution in [0.25, 0.3) is 0 Å². The summed E-state index contributed by atoms with van der Waals surface area (Å²) >= 11 is 0. The summed E-state index contributed by atoms with van der Waals surface area (Å²) in [5.41, 5.74) is 0. The number of carbonyl (C=O) groups excluding carboxylic acids is 1. The summed E-state index contributed by atoms with van der Waals surface area (Å²) in [5, 5.41) is 0. The highest BCUT2D eigenvalue weighted by Gasteiger charge is 2.58. The smallest absolute Gasteiger partial charge is 0.423 e. The van der Waals surface area contributed by atoms with Gasteiger partial charge in [-0.2, -0.15) is 9.28 Å². The summed E-state index contributed by atoms with van der Waals surface area (Å²) in [5.74, 6) is 0. The van der Waals surface area contributed by atoms with Crippen molar-refractivity contribution in [3.63, 3.8) is 0 Å². The van der Waals surface area contributed by atoms with Crippen LogP contribution in [0.5, 0.6) is 0 Å². The van der Waals surface area contributed by atoms with Crippen LogP contribution in [0.3, 0.4) is 0 Å². The zero-order chi connectivity index (χ0) is 10.6. The van der Waals surface area contributed by atoms with E-state index < -0.39 is 0 Å². The Kier molecular flexibility index (Phi) is 1.85. The lowest BCUT2D eigenvalue weighted by molar-refractivity contribution is -0.940. The Balaban J connectivity index is 1.97. The molecule has 15 heavy (non-hydrogen) atoms. The first-order valence-electron chi connectivity index (χ1n) is 5.30. The van der Waals surface area contributed by atoms with Gasteiger partial charge in [-0.3, -0.25) is 0 Å². The Bertz CT molecular complexity index is 294. The number of quaternary nitrogens is 1. The van der Waals surface area contributed by atoms with E-state index in [1.165, 1.54) is 7.11 Å². The van der Waals surface area contributed by atoms with Gasteiger partial charge in [0.1, 0.15) is 13.3 Å². The standard InChI is InChI=1S/C9H17N4O2/c1-8-12-4-10-3-11(5-12)7-13(8,6-10)9(14)15-2/h8H,3-7H2,1-2H3/q+1. The summed E-state index contributed by atoms with van der Waals surface area (Å²) in [6.45, 7) is 6.65. The van der Waals surface area contributed by atoms with Gasteiger partial charge in [0.25, 0.3) is 0 Å². The number of hydrogen-bond donors (Lipinski definition) is 0. The van der Waals surface area contributed by atoms with E-state index in [4.69, 9.17) is 4.74 Å². The highest BCUT2D eigenvalue weighted by molar-refractivity contribution is 5.59. The molecule has 4 bridgehead atoms. The Labute approximate surface area is 89.2 Å². The van der Waals surface area contributed by atoms with Crippen LogP contribution in [0, 0.1) is 0 Å². The molecule has 0 saturated carbocycles. The topological polar surface area (TPSA) is 36.0 Å². The largest absolute Gasteiger partial charge is 0.519 e. The molecule has 0 aromatic heterocycles. The van der Waals surface area contributed by atoms with Crippen molar-refractivity contribution in [2.45, 2.75) is 13.1 Å². The fraction of sp³-hybridized carbons (Fsp3) is 0.889. The SMILES string of the molecule is COC(=O)[N+]12CN3CN(CN(C3)C1C)C2. The Morgan fingerprint density at radius 1 is 1.27 bits per heavy atom. The zero-order valence-corrected chi connectivity index (χ0v) is 9.22. The minimum absolute atomic E-state index is 0.110. The average molecular weight is 213 g/mol. The first-order valence-corrected chi connectivity index (χ1v) is 5.30. The van der Waals surface area contributed by atoms with Crippen LogP contribution in [0.15, 0.2) is 0 Å². The van der Waals surface area contributed by atoms with Crippen molar-refractivity contribution >= 4 is 6.09 Å². The van der Waals surface area contributed by atoms with Crippen LogP contribution in [0.2, 0.25) is 0 Å². The van der Waals surface area contributed by atoms with Gasteiger partial charge in [0.05, 0.1) is 27.1 Å². The van der Waals surface area contributed by atoms with E-state index in [1.54, 1.807) is 0 Å². The quantitative estimate of drug-likeness (QED) is 0.514. The molecular formula is C9H17N4O2+. The molecule has 84 valence electrons. The maximum Gasteiger partial charge on any atom is 0.519 e. The molecule has 0 aromatic rings. The molecule has 6 nitrogen and oxygen atoms in total. The molecule has 0 aliphatic carbocycles. The number of amides is 1. The van der Waals surface area contributed by atoms with Crippen LogP contribution in [-0.4, -0.2) is 71.9 Å². The Hall–Kier alpha value is -0.690. The lowest BCUT2D eigenvalue weighted by Gasteiger charge is -2.61. The molecule has 4 saturated heterocycles. The molecule has 3 unspecified atom stereocenters. The highest BCUT2D eigenvalue weighted by Crippen LogP contribution is 2.34. The van der Waals surface area contributed by atoms with Gasteiger partial charge in [0.2, 0.25) is 0 Å². The first kappa shape index (κ1) is 9.53. The van der Waals surface area contributed by atoms with E-state index in [1.807, 2.05) is 0 Å². The summed E-state index contributed by atoms with van der Waals surface area (Å²) in [4.78, 5) is 18.9. The lowest BCUT2D eigenvalue weighted by atomic mass is 10.2. The average Bonchev–Trinajstić information content (AvgIpc) is 2.23. The van der Waals surface area contributed by atoms with Crippen LogP contribution < -0.4 is 0 Å². The number of carbonyl (C=O) groups is 1. The highest BCUT2D eigenvalue weighted by atomic mass is 16.5. The summed E-state index contributed by atoms with van der Waals surface area (Å²) in [6.07, 6.45) is 0.131. The summed E-state index contributed by atoms with van der Waals surface area (Å²) in [7, 11) is 1.48. The normalized spacial score (nSPS) is 51.9. The second kappa shape index (κ2) is 2.91. The molecule has 4 heterocycles. The van der Waals surface area contributed by atoms with Gasteiger partial charge in [0.15, 0.2) is 6.17 Å². The Morgan fingerprint density at radius 3 is 2.40 bits per heavy atom. The van der Waals surface area contributed by atoms with Crippen molar-refractivity contribution in [3.8, 4) is 0 Å². The third kappa shape index (κ3) is 1.10. The lowest BCUT2D eigenvalue weighted by Crippen LogP contribution is -2.83. The third-order valence-electron chi connectivity index (χ3n) is 3.85. The molecule has 4 aliphatic heterocycles. The van der Waals surface area contributed by atoms with E-state index >= 15 is 0 Å². The van der Waals surface area contributed by atoms with Crippen LogP contribution in [0.1, 0.15) is 6.92 Å². The number of nitrogens with zero attached hydrogens (tertiary/aromatic N) is 4. The van der Waals surface area contributed by atoms with Crippen LogP contribution in [-0.2, 0) is 4.74 Å². The molecule has 4 fully saturated rings. The van der Waals surface area contributed by atoms with Gasteiger partial charge in [0, 0.05) is 6.92 Å². The molecule has 0 radical (unpaired) electrons. The number of rotatable bonds is 0. The predicted octanol–water partition coefficient (Wildman–Crippen LogP) is -0.350. The van der Waals surface area contributed by atoms with E-state index in [0.29, 0.717) is 4.48 Å². The van der Waals surface area contributed by atoms with E-state index in [9.17, 15) is 4.79 Å². The fourth-order valence-electron chi connectivity index (χ4n) is 3.10. The molecule has 3 atom stereocenters. The van der Waals surface area contributed by atoms with Gasteiger partial charge >= 0.3 is 6.09 Å². The number of methoxy groups -OCH3 is 1. The van der Waals surface area contributed by atoms with Gasteiger partial charge < -0.3 is 4.74 Å². The summed E-state index contributed by atoms with van der Waals surface area (Å²) < 4.78 is 5.37. The maximum absolute atomic E-state index is 11.9. The van der Waals surface area contributed by atoms with Crippen molar-refractivity contribution in [3.05, 3.63) is 0 Å². The van der Waals surface area contributed by atoms with Gasteiger partial charge in [-0.15, -0.1) is 0 Å². The maximum atomic E-state index is 11.9. The molecule has 0 aromatic carbocycles. The minimum atomic E-state index is -0.110. The second-order valence-electron chi connectivity index (χ2n) is 4.77. The summed E-state index contributed by atoms with van der Waals surface area (Å²) in [6, 6.07) is 0. The van der Waals surface area contributed by atoms with Gasteiger partial charge in [-0.05, 0) is 0 Å². The van der Waals surface area contributed by atoms with Gasteiger partial charge in [-0.25, -0.2) is 14.7 Å². The monoisotopic (exact) mass is 213 g/mol.